The second-order valence-corrected chi connectivity index (χ2v) is 7.68. The molecule has 0 saturated carbocycles. The van der Waals surface area contributed by atoms with Crippen LogP contribution in [0.1, 0.15) is 48.2 Å². The lowest BCUT2D eigenvalue weighted by Gasteiger charge is -2.50. The molecule has 2 aliphatic rings. The lowest BCUT2D eigenvalue weighted by Crippen LogP contribution is -2.70. The third-order valence-corrected chi connectivity index (χ3v) is 5.64. The van der Waals surface area contributed by atoms with Gasteiger partial charge in [-0.1, -0.05) is 30.3 Å². The third-order valence-electron chi connectivity index (χ3n) is 5.64. The molecule has 0 aromatic heterocycles. The molecule has 0 spiro atoms. The average Bonchev–Trinajstić information content (AvgIpc) is 3.10. The maximum absolute atomic E-state index is 13.5. The van der Waals surface area contributed by atoms with Crippen LogP contribution in [0.15, 0.2) is 48.5 Å². The number of amides is 2. The van der Waals surface area contributed by atoms with Gasteiger partial charge < -0.3 is 9.64 Å². The van der Waals surface area contributed by atoms with Crippen LogP contribution in [0.25, 0.3) is 0 Å². The van der Waals surface area contributed by atoms with Crippen LogP contribution in [0.3, 0.4) is 0 Å². The lowest BCUT2D eigenvalue weighted by atomic mass is 9.95. The fourth-order valence-corrected chi connectivity index (χ4v) is 4.39. The number of para-hydroxylation sites is 1. The zero-order valence-electron chi connectivity index (χ0n) is 16.8. The minimum atomic E-state index is -1.53. The van der Waals surface area contributed by atoms with Gasteiger partial charge >= 0.3 is 5.97 Å². The number of anilines is 1. The molecule has 0 bridgehead atoms. The van der Waals surface area contributed by atoms with Crippen LogP contribution >= 0.6 is 0 Å². The molecule has 152 valence electrons. The van der Waals surface area contributed by atoms with Crippen LogP contribution in [0.2, 0.25) is 0 Å². The summed E-state index contributed by atoms with van der Waals surface area (Å²) in [4.78, 5) is 42.6. The molecular formula is C23H21N3O4. The number of nitriles is 1. The monoisotopic (exact) mass is 403 g/mol. The summed E-state index contributed by atoms with van der Waals surface area (Å²) >= 11 is 0. The van der Waals surface area contributed by atoms with Crippen molar-refractivity contribution < 1.29 is 19.1 Å². The quantitative estimate of drug-likeness (QED) is 0.732. The standard InChI is InChI=1S/C23H21N3O4/c1-15(2)25-21(28)18-9-5-6-10-19(18)26-20(27)11-12-23(25,26)22(29)30-14-17-8-4-3-7-16(17)13-24/h3-10,15H,11-12,14H2,1-2H3/t23-/m1/s1. The second-order valence-electron chi connectivity index (χ2n) is 7.68. The number of benzene rings is 2. The topological polar surface area (TPSA) is 90.7 Å². The van der Waals surface area contributed by atoms with E-state index in [-0.39, 0.29) is 37.3 Å². The lowest BCUT2D eigenvalue weighted by molar-refractivity contribution is -0.159. The number of nitrogens with zero attached hydrogens (tertiary/aromatic N) is 3. The van der Waals surface area contributed by atoms with Gasteiger partial charge in [-0.2, -0.15) is 5.26 Å². The van der Waals surface area contributed by atoms with Crippen LogP contribution in [0.5, 0.6) is 0 Å². The number of rotatable bonds is 4. The molecule has 2 aromatic carbocycles. The maximum atomic E-state index is 13.5. The van der Waals surface area contributed by atoms with Gasteiger partial charge in [-0.15, -0.1) is 0 Å². The van der Waals surface area contributed by atoms with E-state index in [2.05, 4.69) is 6.07 Å². The summed E-state index contributed by atoms with van der Waals surface area (Å²) < 4.78 is 5.63. The summed E-state index contributed by atoms with van der Waals surface area (Å²) in [5, 5.41) is 9.28. The number of hydrogen-bond acceptors (Lipinski definition) is 5. The van der Waals surface area contributed by atoms with Gasteiger partial charge in [0.1, 0.15) is 6.61 Å². The maximum Gasteiger partial charge on any atom is 0.354 e. The van der Waals surface area contributed by atoms with Gasteiger partial charge in [-0.05, 0) is 32.0 Å². The Labute approximate surface area is 174 Å². The van der Waals surface area contributed by atoms with E-state index < -0.39 is 11.6 Å². The first-order chi connectivity index (χ1) is 14.4. The van der Waals surface area contributed by atoms with E-state index in [1.165, 1.54) is 9.80 Å². The summed E-state index contributed by atoms with van der Waals surface area (Å²) in [7, 11) is 0. The van der Waals surface area contributed by atoms with Crippen LogP contribution in [-0.2, 0) is 20.9 Å². The van der Waals surface area contributed by atoms with Crippen molar-refractivity contribution in [1.82, 2.24) is 4.90 Å². The van der Waals surface area contributed by atoms with Crippen LogP contribution in [-0.4, -0.2) is 34.4 Å². The highest BCUT2D eigenvalue weighted by molar-refractivity contribution is 6.15. The molecule has 4 rings (SSSR count). The minimum absolute atomic E-state index is 0.117. The fourth-order valence-electron chi connectivity index (χ4n) is 4.39. The van der Waals surface area contributed by atoms with Gasteiger partial charge in [0.15, 0.2) is 0 Å². The Kier molecular flexibility index (Phi) is 4.78. The average molecular weight is 403 g/mol. The molecule has 1 atom stereocenters. The van der Waals surface area contributed by atoms with Crippen molar-refractivity contribution in [3.8, 4) is 6.07 Å². The van der Waals surface area contributed by atoms with Gasteiger partial charge in [0.2, 0.25) is 11.6 Å². The highest BCUT2D eigenvalue weighted by Gasteiger charge is 2.62. The summed E-state index contributed by atoms with van der Waals surface area (Å²) in [6.07, 6.45) is 0.289. The SMILES string of the molecule is CC(C)N1C(=O)c2ccccc2N2C(=O)CC[C@]21C(=O)OCc1ccccc1C#N. The number of carbonyl (C=O) groups excluding carboxylic acids is 3. The third kappa shape index (κ3) is 2.76. The van der Waals surface area contributed by atoms with Crippen molar-refractivity contribution in [2.75, 3.05) is 4.90 Å². The number of hydrogen-bond donors (Lipinski definition) is 0. The molecule has 30 heavy (non-hydrogen) atoms. The molecule has 7 heteroatoms. The molecule has 7 nitrogen and oxygen atoms in total. The smallest absolute Gasteiger partial charge is 0.354 e. The molecule has 1 fully saturated rings. The number of ether oxygens (including phenoxy) is 1. The normalized spacial score (nSPS) is 20.1. The number of esters is 1. The number of carbonyl (C=O) groups is 3. The van der Waals surface area contributed by atoms with Gasteiger partial charge in [0.05, 0.1) is 22.9 Å². The van der Waals surface area contributed by atoms with Crippen molar-refractivity contribution >= 4 is 23.5 Å². The Bertz CT molecular complexity index is 1090. The van der Waals surface area contributed by atoms with E-state index in [9.17, 15) is 19.6 Å². The van der Waals surface area contributed by atoms with Crippen molar-refractivity contribution in [2.45, 2.75) is 45.0 Å². The molecule has 0 aliphatic carbocycles. The highest BCUT2D eigenvalue weighted by atomic mass is 16.5. The highest BCUT2D eigenvalue weighted by Crippen LogP contribution is 2.46. The Balaban J connectivity index is 1.77. The first kappa shape index (κ1) is 19.6. The second kappa shape index (κ2) is 7.30. The molecular weight excluding hydrogens is 382 g/mol. The molecule has 2 amide bonds. The van der Waals surface area contributed by atoms with E-state index >= 15 is 0 Å². The Hall–Kier alpha value is -3.66. The first-order valence-corrected chi connectivity index (χ1v) is 9.83. The molecule has 2 aliphatic heterocycles. The van der Waals surface area contributed by atoms with Gasteiger partial charge in [-0.3, -0.25) is 14.5 Å². The van der Waals surface area contributed by atoms with E-state index in [1.54, 1.807) is 48.5 Å². The van der Waals surface area contributed by atoms with Crippen molar-refractivity contribution in [3.05, 3.63) is 65.2 Å². The Morgan fingerprint density at radius 2 is 1.87 bits per heavy atom. The summed E-state index contributed by atoms with van der Waals surface area (Å²) in [6.45, 7) is 3.51. The Morgan fingerprint density at radius 3 is 2.60 bits per heavy atom. The number of fused-ring (bicyclic) bond motifs is 3. The van der Waals surface area contributed by atoms with Crippen LogP contribution in [0, 0.1) is 11.3 Å². The minimum Gasteiger partial charge on any atom is -0.458 e. The predicted octanol–water partition coefficient (Wildman–Crippen LogP) is 2.99. The van der Waals surface area contributed by atoms with E-state index in [0.29, 0.717) is 22.4 Å². The summed E-state index contributed by atoms with van der Waals surface area (Å²) in [5.41, 5.74) is 0.265. The van der Waals surface area contributed by atoms with Gasteiger partial charge in [0.25, 0.3) is 5.91 Å². The van der Waals surface area contributed by atoms with Gasteiger partial charge in [-0.25, -0.2) is 4.79 Å². The molecule has 0 unspecified atom stereocenters. The van der Waals surface area contributed by atoms with Crippen LogP contribution < -0.4 is 4.90 Å². The van der Waals surface area contributed by atoms with Crippen molar-refractivity contribution in [2.24, 2.45) is 0 Å². The molecule has 2 aromatic rings. The molecule has 2 heterocycles. The summed E-state index contributed by atoms with van der Waals surface area (Å²) in [6, 6.07) is 15.4. The van der Waals surface area contributed by atoms with E-state index in [1.807, 2.05) is 13.8 Å². The zero-order valence-corrected chi connectivity index (χ0v) is 16.8. The Morgan fingerprint density at radius 1 is 1.17 bits per heavy atom. The largest absolute Gasteiger partial charge is 0.458 e. The van der Waals surface area contributed by atoms with Crippen LogP contribution in [0.4, 0.5) is 5.69 Å². The predicted molar refractivity (Wildman–Crippen MR) is 108 cm³/mol. The molecule has 0 radical (unpaired) electrons. The zero-order chi connectivity index (χ0) is 21.5. The van der Waals surface area contributed by atoms with E-state index in [4.69, 9.17) is 4.74 Å². The molecule has 1 saturated heterocycles. The summed E-state index contributed by atoms with van der Waals surface area (Å²) in [5.74, 6) is -1.20. The fraction of sp³-hybridized carbons (Fsp3) is 0.304. The van der Waals surface area contributed by atoms with Gasteiger partial charge in [0, 0.05) is 24.4 Å². The van der Waals surface area contributed by atoms with E-state index in [0.717, 1.165) is 0 Å². The first-order valence-electron chi connectivity index (χ1n) is 9.83. The van der Waals surface area contributed by atoms with Crippen molar-refractivity contribution in [1.29, 1.82) is 5.26 Å². The molecule has 0 N–H and O–H groups in total. The van der Waals surface area contributed by atoms with Crippen molar-refractivity contribution in [3.63, 3.8) is 0 Å².